The Morgan fingerprint density at radius 1 is 1.13 bits per heavy atom. The van der Waals surface area contributed by atoms with Crippen LogP contribution >= 0.6 is 15.9 Å². The van der Waals surface area contributed by atoms with Gasteiger partial charge in [0.05, 0.1) is 6.54 Å². The number of hydrogen-bond acceptors (Lipinski definition) is 5. The van der Waals surface area contributed by atoms with Crippen molar-refractivity contribution in [3.63, 3.8) is 0 Å². The molecule has 1 saturated heterocycles. The molecule has 0 bridgehead atoms. The molecule has 7 heteroatoms. The standard InChI is InChI=1S/C23H23BrN4O2/c1-17-5-8-19(9-6-17)23-25-21(30-26-23)16-27-11-13-28(14-12-27)22(29)10-7-18-3-2-4-20(24)15-18/h2-10,15H,11-14,16H2,1H3/b10-7+. The number of piperazine rings is 1. The van der Waals surface area contributed by atoms with Gasteiger partial charge >= 0.3 is 0 Å². The van der Waals surface area contributed by atoms with E-state index < -0.39 is 0 Å². The zero-order valence-electron chi connectivity index (χ0n) is 16.8. The van der Waals surface area contributed by atoms with E-state index in [2.05, 4.69) is 31.0 Å². The van der Waals surface area contributed by atoms with Gasteiger partial charge in [0.25, 0.3) is 0 Å². The van der Waals surface area contributed by atoms with Crippen LogP contribution in [0.25, 0.3) is 17.5 Å². The molecule has 0 atom stereocenters. The number of nitrogens with zero attached hydrogens (tertiary/aromatic N) is 4. The molecule has 0 aliphatic carbocycles. The van der Waals surface area contributed by atoms with Crippen LogP contribution in [0.3, 0.4) is 0 Å². The molecule has 4 rings (SSSR count). The van der Waals surface area contributed by atoms with Crippen LogP contribution in [0.2, 0.25) is 0 Å². The smallest absolute Gasteiger partial charge is 0.246 e. The van der Waals surface area contributed by atoms with E-state index in [0.717, 1.165) is 28.7 Å². The number of benzene rings is 2. The Hall–Kier alpha value is -2.77. The highest BCUT2D eigenvalue weighted by molar-refractivity contribution is 9.10. The highest BCUT2D eigenvalue weighted by atomic mass is 79.9. The van der Waals surface area contributed by atoms with Gasteiger partial charge in [-0.25, -0.2) is 0 Å². The van der Waals surface area contributed by atoms with Crippen molar-refractivity contribution in [2.45, 2.75) is 13.5 Å². The number of carbonyl (C=O) groups is 1. The topological polar surface area (TPSA) is 62.5 Å². The number of rotatable bonds is 5. The van der Waals surface area contributed by atoms with Crippen molar-refractivity contribution < 1.29 is 9.32 Å². The van der Waals surface area contributed by atoms with Gasteiger partial charge in [0.1, 0.15) is 0 Å². The van der Waals surface area contributed by atoms with Gasteiger partial charge in [-0.2, -0.15) is 4.98 Å². The first-order chi connectivity index (χ1) is 14.6. The van der Waals surface area contributed by atoms with Crippen LogP contribution in [0.15, 0.2) is 63.6 Å². The first-order valence-corrected chi connectivity index (χ1v) is 10.7. The fourth-order valence-electron chi connectivity index (χ4n) is 3.34. The minimum Gasteiger partial charge on any atom is -0.338 e. The second-order valence-electron chi connectivity index (χ2n) is 7.37. The SMILES string of the molecule is Cc1ccc(-c2noc(CN3CCN(C(=O)/C=C/c4cccc(Br)c4)CC3)n2)cc1. The molecule has 1 aromatic heterocycles. The normalized spacial score (nSPS) is 15.1. The summed E-state index contributed by atoms with van der Waals surface area (Å²) in [5.74, 6) is 1.24. The Morgan fingerprint density at radius 3 is 2.63 bits per heavy atom. The maximum Gasteiger partial charge on any atom is 0.246 e. The number of hydrogen-bond donors (Lipinski definition) is 0. The minimum absolute atomic E-state index is 0.0362. The van der Waals surface area contributed by atoms with Gasteiger partial charge in [-0.3, -0.25) is 9.69 Å². The number of aryl methyl sites for hydroxylation is 1. The van der Waals surface area contributed by atoms with Crippen LogP contribution in [0, 0.1) is 6.92 Å². The monoisotopic (exact) mass is 466 g/mol. The third-order valence-corrected chi connectivity index (χ3v) is 5.58. The van der Waals surface area contributed by atoms with Crippen molar-refractivity contribution in [1.29, 1.82) is 0 Å². The van der Waals surface area contributed by atoms with Crippen molar-refractivity contribution in [3.05, 3.63) is 76.1 Å². The summed E-state index contributed by atoms with van der Waals surface area (Å²) < 4.78 is 6.42. The molecular weight excluding hydrogens is 444 g/mol. The van der Waals surface area contributed by atoms with Gasteiger partial charge in [-0.15, -0.1) is 0 Å². The summed E-state index contributed by atoms with van der Waals surface area (Å²) in [5, 5.41) is 4.09. The Bertz CT molecular complexity index is 1040. The predicted octanol–water partition coefficient (Wildman–Crippen LogP) is 4.17. The van der Waals surface area contributed by atoms with Crippen LogP contribution in [-0.2, 0) is 11.3 Å². The minimum atomic E-state index is 0.0362. The molecule has 6 nitrogen and oxygen atoms in total. The summed E-state index contributed by atoms with van der Waals surface area (Å²) in [6.07, 6.45) is 3.49. The summed E-state index contributed by atoms with van der Waals surface area (Å²) in [4.78, 5) is 21.1. The number of carbonyl (C=O) groups excluding carboxylic acids is 1. The first kappa shape index (κ1) is 20.5. The molecule has 0 radical (unpaired) electrons. The van der Waals surface area contributed by atoms with Crippen molar-refractivity contribution in [2.24, 2.45) is 0 Å². The van der Waals surface area contributed by atoms with E-state index in [1.165, 1.54) is 5.56 Å². The van der Waals surface area contributed by atoms with Gasteiger partial charge in [-0.1, -0.05) is 63.0 Å². The van der Waals surface area contributed by atoms with Crippen LogP contribution in [0.4, 0.5) is 0 Å². The van der Waals surface area contributed by atoms with Crippen LogP contribution in [0.5, 0.6) is 0 Å². The second kappa shape index (κ2) is 9.36. The molecule has 1 aliphatic rings. The fraction of sp³-hybridized carbons (Fsp3) is 0.261. The molecule has 154 valence electrons. The average Bonchev–Trinajstić information content (AvgIpc) is 3.21. The van der Waals surface area contributed by atoms with Crippen LogP contribution in [0.1, 0.15) is 17.0 Å². The lowest BCUT2D eigenvalue weighted by atomic mass is 10.1. The fourth-order valence-corrected chi connectivity index (χ4v) is 3.76. The van der Waals surface area contributed by atoms with Crippen molar-refractivity contribution in [3.8, 4) is 11.4 Å². The molecule has 1 aliphatic heterocycles. The molecule has 2 heterocycles. The summed E-state index contributed by atoms with van der Waals surface area (Å²) in [5.41, 5.74) is 3.14. The molecular formula is C23H23BrN4O2. The Kier molecular flexibility index (Phi) is 6.40. The van der Waals surface area contributed by atoms with E-state index >= 15 is 0 Å². The lowest BCUT2D eigenvalue weighted by molar-refractivity contribution is -0.127. The van der Waals surface area contributed by atoms with Crippen molar-refractivity contribution >= 4 is 27.9 Å². The van der Waals surface area contributed by atoms with E-state index in [9.17, 15) is 4.79 Å². The first-order valence-electron chi connectivity index (χ1n) is 9.91. The van der Waals surface area contributed by atoms with Gasteiger partial charge in [0.2, 0.25) is 17.6 Å². The van der Waals surface area contributed by atoms with Gasteiger partial charge in [0, 0.05) is 42.3 Å². The van der Waals surface area contributed by atoms with Crippen molar-refractivity contribution in [2.75, 3.05) is 26.2 Å². The molecule has 0 spiro atoms. The largest absolute Gasteiger partial charge is 0.338 e. The Labute approximate surface area is 184 Å². The lowest BCUT2D eigenvalue weighted by Crippen LogP contribution is -2.47. The van der Waals surface area contributed by atoms with E-state index in [-0.39, 0.29) is 5.91 Å². The number of halogens is 1. The third kappa shape index (κ3) is 5.23. The summed E-state index contributed by atoms with van der Waals surface area (Å²) in [6.45, 7) is 5.56. The highest BCUT2D eigenvalue weighted by Crippen LogP contribution is 2.18. The van der Waals surface area contributed by atoms with Crippen LogP contribution < -0.4 is 0 Å². The summed E-state index contributed by atoms with van der Waals surface area (Å²) >= 11 is 3.45. The number of amides is 1. The van der Waals surface area contributed by atoms with Gasteiger partial charge < -0.3 is 9.42 Å². The summed E-state index contributed by atoms with van der Waals surface area (Å²) in [7, 11) is 0. The molecule has 30 heavy (non-hydrogen) atoms. The number of aromatic nitrogens is 2. The van der Waals surface area contributed by atoms with E-state index in [4.69, 9.17) is 4.52 Å². The van der Waals surface area contributed by atoms with Gasteiger partial charge in [-0.05, 0) is 30.7 Å². The van der Waals surface area contributed by atoms with Crippen LogP contribution in [-0.4, -0.2) is 52.0 Å². The lowest BCUT2D eigenvalue weighted by Gasteiger charge is -2.33. The third-order valence-electron chi connectivity index (χ3n) is 5.09. The average molecular weight is 467 g/mol. The zero-order valence-corrected chi connectivity index (χ0v) is 18.4. The molecule has 3 aromatic rings. The molecule has 1 amide bonds. The molecule has 0 saturated carbocycles. The molecule has 0 unspecified atom stereocenters. The summed E-state index contributed by atoms with van der Waals surface area (Å²) in [6, 6.07) is 15.9. The van der Waals surface area contributed by atoms with E-state index in [0.29, 0.717) is 31.3 Å². The van der Waals surface area contributed by atoms with Gasteiger partial charge in [0.15, 0.2) is 0 Å². The van der Waals surface area contributed by atoms with Crippen molar-refractivity contribution in [1.82, 2.24) is 19.9 Å². The molecule has 0 N–H and O–H groups in total. The highest BCUT2D eigenvalue weighted by Gasteiger charge is 2.21. The van der Waals surface area contributed by atoms with E-state index in [1.807, 2.05) is 66.4 Å². The van der Waals surface area contributed by atoms with E-state index in [1.54, 1.807) is 6.08 Å². The zero-order chi connectivity index (χ0) is 20.9. The Balaban J connectivity index is 1.28. The maximum absolute atomic E-state index is 12.5. The quantitative estimate of drug-likeness (QED) is 0.528. The maximum atomic E-state index is 12.5. The Morgan fingerprint density at radius 2 is 1.90 bits per heavy atom. The molecule has 1 fully saturated rings. The predicted molar refractivity (Wildman–Crippen MR) is 120 cm³/mol. The second-order valence-corrected chi connectivity index (χ2v) is 8.28. The molecule has 2 aromatic carbocycles.